The quantitative estimate of drug-likeness (QED) is 0.173. The highest BCUT2D eigenvalue weighted by Crippen LogP contribution is 2.90. The molecule has 58 heavy (non-hydrogen) atoms. The smallest absolute Gasteiger partial charge is 0.0502 e. The third-order valence-corrected chi connectivity index (χ3v) is 18.0. The van der Waals surface area contributed by atoms with E-state index in [0.717, 1.165) is 23.7 Å². The average molecular weight is 754 g/mol. The molecule has 0 aliphatic heterocycles. The van der Waals surface area contributed by atoms with Crippen LogP contribution in [0.1, 0.15) is 113 Å². The van der Waals surface area contributed by atoms with Gasteiger partial charge in [0.15, 0.2) is 0 Å². The van der Waals surface area contributed by atoms with Gasteiger partial charge in [-0.2, -0.15) is 0 Å². The molecule has 6 atom stereocenters. The summed E-state index contributed by atoms with van der Waals surface area (Å²) < 4.78 is 0. The number of benzene rings is 6. The van der Waals surface area contributed by atoms with Crippen molar-refractivity contribution in [2.24, 2.45) is 29.1 Å². The fourth-order valence-electron chi connectivity index (χ4n) is 15.6. The first-order valence-electron chi connectivity index (χ1n) is 22.5. The molecule has 13 rings (SSSR count). The standard InChI is InChI=1S/C57H55N/c1-53(2)26-27-54(3,4)52-46(53)20-13-21-48(52)58(38-22-24-41-40-16-10-11-18-43(40)55(5,6)47(41)32-38)37-23-25-44-42(31-37)51-39(35-14-8-7-9-15-35)17-12-19-45(51)57(44)49-29-34-28-36-30-50(57)56(36,49)33-34/h7-25,31-32,34,36,49-50H,26-30,33H2,1-6H3. The summed E-state index contributed by atoms with van der Waals surface area (Å²) in [6.07, 6.45) is 8.21. The topological polar surface area (TPSA) is 3.24 Å². The second kappa shape index (κ2) is 10.8. The normalized spacial score (nSPS) is 29.7. The Bertz CT molecular complexity index is 2760. The Hall–Kier alpha value is -4.88. The molecule has 6 aromatic carbocycles. The molecule has 4 saturated carbocycles. The Morgan fingerprint density at radius 3 is 2.02 bits per heavy atom. The molecular weight excluding hydrogens is 699 g/mol. The summed E-state index contributed by atoms with van der Waals surface area (Å²) in [6, 6.07) is 50.2. The maximum Gasteiger partial charge on any atom is 0.0502 e. The average Bonchev–Trinajstić information content (AvgIpc) is 3.92. The lowest BCUT2D eigenvalue weighted by atomic mass is 9.27. The minimum absolute atomic E-state index is 0.0442. The fourth-order valence-corrected chi connectivity index (χ4v) is 15.6. The van der Waals surface area contributed by atoms with Crippen molar-refractivity contribution < 1.29 is 0 Å². The van der Waals surface area contributed by atoms with Crippen molar-refractivity contribution in [1.82, 2.24) is 0 Å². The second-order valence-corrected chi connectivity index (χ2v) is 21.6. The predicted molar refractivity (Wildman–Crippen MR) is 240 cm³/mol. The molecule has 0 amide bonds. The number of hydrogen-bond donors (Lipinski definition) is 0. The van der Waals surface area contributed by atoms with Gasteiger partial charge < -0.3 is 4.90 Å². The van der Waals surface area contributed by atoms with E-state index >= 15 is 0 Å². The number of anilines is 3. The Morgan fingerprint density at radius 1 is 0.500 bits per heavy atom. The lowest BCUT2D eigenvalue weighted by molar-refractivity contribution is -0.231. The van der Waals surface area contributed by atoms with E-state index in [0.29, 0.717) is 5.41 Å². The van der Waals surface area contributed by atoms with Crippen LogP contribution in [0.25, 0.3) is 33.4 Å². The summed E-state index contributed by atoms with van der Waals surface area (Å²) >= 11 is 0. The Labute approximate surface area is 345 Å². The maximum atomic E-state index is 2.68. The summed E-state index contributed by atoms with van der Waals surface area (Å²) in [7, 11) is 0. The molecule has 288 valence electrons. The van der Waals surface area contributed by atoms with E-state index in [4.69, 9.17) is 0 Å². The van der Waals surface area contributed by atoms with Crippen molar-refractivity contribution in [3.05, 3.63) is 161 Å². The molecule has 4 fully saturated rings. The minimum atomic E-state index is -0.0830. The molecule has 6 unspecified atom stereocenters. The Balaban J connectivity index is 1.07. The lowest BCUT2D eigenvalue weighted by Crippen LogP contribution is -2.73. The molecule has 7 aliphatic carbocycles. The highest BCUT2D eigenvalue weighted by Gasteiger charge is 2.84. The van der Waals surface area contributed by atoms with Gasteiger partial charge in [0.1, 0.15) is 0 Å². The minimum Gasteiger partial charge on any atom is -0.310 e. The van der Waals surface area contributed by atoms with Crippen molar-refractivity contribution in [3.63, 3.8) is 0 Å². The van der Waals surface area contributed by atoms with Crippen LogP contribution in [-0.2, 0) is 21.7 Å². The monoisotopic (exact) mass is 753 g/mol. The largest absolute Gasteiger partial charge is 0.310 e. The third kappa shape index (κ3) is 3.87. The predicted octanol–water partition coefficient (Wildman–Crippen LogP) is 14.8. The van der Waals surface area contributed by atoms with Crippen LogP contribution >= 0.6 is 0 Å². The summed E-state index contributed by atoms with van der Waals surface area (Å²) in [5.74, 6) is 3.46. The summed E-state index contributed by atoms with van der Waals surface area (Å²) in [5.41, 5.74) is 22.3. The molecule has 0 N–H and O–H groups in total. The van der Waals surface area contributed by atoms with Gasteiger partial charge in [-0.3, -0.25) is 0 Å². The van der Waals surface area contributed by atoms with E-state index in [2.05, 4.69) is 174 Å². The molecule has 2 bridgehead atoms. The molecule has 0 aromatic heterocycles. The highest BCUT2D eigenvalue weighted by molar-refractivity contribution is 5.96. The highest BCUT2D eigenvalue weighted by atomic mass is 15.1. The third-order valence-electron chi connectivity index (χ3n) is 18.0. The number of fused-ring (bicyclic) bond motifs is 12. The summed E-state index contributed by atoms with van der Waals surface area (Å²) in [5, 5.41) is 0. The van der Waals surface area contributed by atoms with Crippen LogP contribution < -0.4 is 4.90 Å². The maximum absolute atomic E-state index is 2.68. The first-order valence-corrected chi connectivity index (χ1v) is 22.5. The van der Waals surface area contributed by atoms with Crippen molar-refractivity contribution in [2.75, 3.05) is 4.90 Å². The van der Waals surface area contributed by atoms with Crippen LogP contribution in [0.15, 0.2) is 127 Å². The van der Waals surface area contributed by atoms with Crippen LogP contribution in [0, 0.1) is 29.1 Å². The molecular formula is C57H55N. The van der Waals surface area contributed by atoms with E-state index in [9.17, 15) is 0 Å². The molecule has 1 nitrogen and oxygen atoms in total. The van der Waals surface area contributed by atoms with Gasteiger partial charge >= 0.3 is 0 Å². The zero-order valence-corrected chi connectivity index (χ0v) is 35.1. The number of nitrogens with zero attached hydrogens (tertiary/aromatic N) is 1. The SMILES string of the molecule is CC1(C)CCC(C)(C)c2c(N(c3ccc4c(c3)-c3c(-c5ccccc5)cccc3C43C4CC5CC6CC3C64C5)c3ccc4c(c3)C(C)(C)c3ccccc3-4)cccc21. The van der Waals surface area contributed by atoms with Gasteiger partial charge in [-0.05, 0) is 176 Å². The molecule has 2 spiro atoms. The van der Waals surface area contributed by atoms with Crippen LogP contribution in [0.4, 0.5) is 17.1 Å². The second-order valence-electron chi connectivity index (χ2n) is 21.6. The molecule has 1 heteroatoms. The zero-order chi connectivity index (χ0) is 39.1. The number of hydrogen-bond acceptors (Lipinski definition) is 1. The molecule has 7 aliphatic rings. The van der Waals surface area contributed by atoms with Crippen LogP contribution in [0.5, 0.6) is 0 Å². The van der Waals surface area contributed by atoms with Crippen LogP contribution in [0.2, 0.25) is 0 Å². The number of rotatable bonds is 4. The van der Waals surface area contributed by atoms with Crippen LogP contribution in [0.3, 0.4) is 0 Å². The van der Waals surface area contributed by atoms with Gasteiger partial charge in [0.2, 0.25) is 0 Å². The Kier molecular flexibility index (Phi) is 6.36. The fraction of sp³-hybridized carbons (Fsp3) is 0.368. The summed E-state index contributed by atoms with van der Waals surface area (Å²) in [4.78, 5) is 2.68. The van der Waals surface area contributed by atoms with E-state index in [1.54, 1.807) is 11.1 Å². The van der Waals surface area contributed by atoms with Gasteiger partial charge in [0.05, 0.1) is 5.69 Å². The molecule has 0 saturated heterocycles. The zero-order valence-electron chi connectivity index (χ0n) is 35.1. The molecule has 0 radical (unpaired) electrons. The van der Waals surface area contributed by atoms with Gasteiger partial charge in [-0.15, -0.1) is 0 Å². The molecule has 0 heterocycles. The van der Waals surface area contributed by atoms with Crippen molar-refractivity contribution in [3.8, 4) is 33.4 Å². The van der Waals surface area contributed by atoms with Crippen LogP contribution in [-0.4, -0.2) is 0 Å². The van der Waals surface area contributed by atoms with Gasteiger partial charge in [-0.1, -0.05) is 139 Å². The van der Waals surface area contributed by atoms with E-state index in [-0.39, 0.29) is 21.7 Å². The van der Waals surface area contributed by atoms with Gasteiger partial charge in [0.25, 0.3) is 0 Å². The van der Waals surface area contributed by atoms with E-state index in [1.165, 1.54) is 111 Å². The van der Waals surface area contributed by atoms with Crippen molar-refractivity contribution in [2.45, 2.75) is 102 Å². The van der Waals surface area contributed by atoms with Gasteiger partial charge in [-0.25, -0.2) is 0 Å². The van der Waals surface area contributed by atoms with E-state index in [1.807, 2.05) is 0 Å². The lowest BCUT2D eigenvalue weighted by Gasteiger charge is -2.76. The first-order chi connectivity index (χ1) is 28.0. The van der Waals surface area contributed by atoms with Gasteiger partial charge in [0, 0.05) is 22.2 Å². The Morgan fingerprint density at radius 2 is 1.17 bits per heavy atom. The summed E-state index contributed by atoms with van der Waals surface area (Å²) in [6.45, 7) is 14.8. The first kappa shape index (κ1) is 34.0. The molecule has 6 aromatic rings. The van der Waals surface area contributed by atoms with E-state index < -0.39 is 0 Å². The van der Waals surface area contributed by atoms with Crippen molar-refractivity contribution >= 4 is 17.1 Å². The van der Waals surface area contributed by atoms with Crippen molar-refractivity contribution in [1.29, 1.82) is 0 Å².